The minimum absolute atomic E-state index is 0.643. The highest BCUT2D eigenvalue weighted by Gasteiger charge is 2.39. The molecule has 1 saturated heterocycles. The van der Waals surface area contributed by atoms with Gasteiger partial charge in [0, 0.05) is 53.4 Å². The fraction of sp³-hybridized carbons (Fsp3) is 0.368. The Labute approximate surface area is 146 Å². The summed E-state index contributed by atoms with van der Waals surface area (Å²) in [5, 5.41) is 5.00. The van der Waals surface area contributed by atoms with Gasteiger partial charge in [0.15, 0.2) is 0 Å². The van der Waals surface area contributed by atoms with Crippen molar-refractivity contribution in [3.63, 3.8) is 0 Å². The monoisotopic (exact) mass is 344 g/mol. The molecule has 0 radical (unpaired) electrons. The molecule has 2 nitrogen and oxygen atoms in total. The maximum Gasteiger partial charge on any atom is 0.0499 e. The average Bonchev–Trinajstić information content (AvgIpc) is 3.15. The van der Waals surface area contributed by atoms with Crippen molar-refractivity contribution in [1.29, 1.82) is 0 Å². The zero-order valence-electron chi connectivity index (χ0n) is 12.8. The van der Waals surface area contributed by atoms with Crippen molar-refractivity contribution in [1.82, 2.24) is 5.32 Å². The van der Waals surface area contributed by atoms with Gasteiger partial charge in [-0.3, -0.25) is 0 Å². The van der Waals surface area contributed by atoms with Crippen LogP contribution in [0.4, 0.5) is 5.69 Å². The molecule has 3 aliphatic rings. The molecule has 4 heteroatoms. The van der Waals surface area contributed by atoms with Gasteiger partial charge in [0.2, 0.25) is 0 Å². The van der Waals surface area contributed by atoms with Gasteiger partial charge in [-0.1, -0.05) is 29.3 Å². The summed E-state index contributed by atoms with van der Waals surface area (Å²) in [6, 6.07) is 10.5. The molecule has 0 aliphatic carbocycles. The van der Waals surface area contributed by atoms with Crippen molar-refractivity contribution in [2.45, 2.75) is 12.3 Å². The smallest absolute Gasteiger partial charge is 0.0499 e. The summed E-state index contributed by atoms with van der Waals surface area (Å²) < 4.78 is 0. The lowest BCUT2D eigenvalue weighted by molar-refractivity contribution is 0.491. The SMILES string of the molecule is Clc1ccc(-c2cc3c4c(c2)[C@@H]2CNC[C@@H]2CN4CC3)c(Cl)c1. The Morgan fingerprint density at radius 1 is 1.09 bits per heavy atom. The Kier molecular flexibility index (Phi) is 3.16. The number of nitrogens with zero attached hydrogens (tertiary/aromatic N) is 1. The van der Waals surface area contributed by atoms with Gasteiger partial charge < -0.3 is 10.2 Å². The highest BCUT2D eigenvalue weighted by Crippen LogP contribution is 2.47. The van der Waals surface area contributed by atoms with Crippen LogP contribution in [-0.2, 0) is 6.42 Å². The minimum Gasteiger partial charge on any atom is -0.370 e. The van der Waals surface area contributed by atoms with Crippen molar-refractivity contribution < 1.29 is 0 Å². The van der Waals surface area contributed by atoms with Crippen molar-refractivity contribution in [2.75, 3.05) is 31.1 Å². The van der Waals surface area contributed by atoms with E-state index in [0.717, 1.165) is 42.6 Å². The van der Waals surface area contributed by atoms with E-state index in [0.29, 0.717) is 10.9 Å². The second kappa shape index (κ2) is 5.14. The first-order valence-electron chi connectivity index (χ1n) is 8.28. The fourth-order valence-corrected chi connectivity index (χ4v) is 5.10. The van der Waals surface area contributed by atoms with Crippen molar-refractivity contribution in [2.24, 2.45) is 5.92 Å². The summed E-state index contributed by atoms with van der Waals surface area (Å²) in [5.41, 5.74) is 6.82. The highest BCUT2D eigenvalue weighted by atomic mass is 35.5. The van der Waals surface area contributed by atoms with Crippen LogP contribution in [0.2, 0.25) is 10.0 Å². The van der Waals surface area contributed by atoms with Crippen LogP contribution in [0.5, 0.6) is 0 Å². The predicted octanol–water partition coefficient (Wildman–Crippen LogP) is 4.34. The van der Waals surface area contributed by atoms with E-state index in [9.17, 15) is 0 Å². The summed E-state index contributed by atoms with van der Waals surface area (Å²) in [6.45, 7) is 4.60. The molecule has 0 aromatic heterocycles. The first-order valence-corrected chi connectivity index (χ1v) is 9.04. The van der Waals surface area contributed by atoms with E-state index in [1.807, 2.05) is 18.2 Å². The van der Waals surface area contributed by atoms with Gasteiger partial charge in [-0.25, -0.2) is 0 Å². The van der Waals surface area contributed by atoms with Crippen LogP contribution in [-0.4, -0.2) is 26.2 Å². The number of hydrogen-bond acceptors (Lipinski definition) is 2. The molecule has 0 unspecified atom stereocenters. The van der Waals surface area contributed by atoms with E-state index in [2.05, 4.69) is 22.3 Å². The van der Waals surface area contributed by atoms with Crippen molar-refractivity contribution in [3.05, 3.63) is 51.5 Å². The van der Waals surface area contributed by atoms with Crippen LogP contribution >= 0.6 is 23.2 Å². The number of hydrogen-bond donors (Lipinski definition) is 1. The molecule has 2 atom stereocenters. The van der Waals surface area contributed by atoms with Crippen LogP contribution in [0.25, 0.3) is 11.1 Å². The summed E-state index contributed by atoms with van der Waals surface area (Å²) in [4.78, 5) is 2.59. The second-order valence-corrected chi connectivity index (χ2v) is 7.76. The van der Waals surface area contributed by atoms with Crippen molar-refractivity contribution >= 4 is 28.9 Å². The molecule has 0 amide bonds. The molecule has 0 spiro atoms. The lowest BCUT2D eigenvalue weighted by atomic mass is 9.82. The van der Waals surface area contributed by atoms with E-state index in [4.69, 9.17) is 23.2 Å². The number of nitrogens with one attached hydrogen (secondary N) is 1. The Hall–Kier alpha value is -1.22. The third-order valence-electron chi connectivity index (χ3n) is 5.62. The van der Waals surface area contributed by atoms with Gasteiger partial charge in [0.25, 0.3) is 0 Å². The molecule has 2 aromatic carbocycles. The van der Waals surface area contributed by atoms with Crippen LogP contribution in [0.15, 0.2) is 30.3 Å². The van der Waals surface area contributed by atoms with Crippen LogP contribution in [0.1, 0.15) is 17.0 Å². The Balaban J connectivity index is 1.70. The van der Waals surface area contributed by atoms with Gasteiger partial charge in [0.05, 0.1) is 0 Å². The Morgan fingerprint density at radius 3 is 2.87 bits per heavy atom. The first kappa shape index (κ1) is 14.2. The van der Waals surface area contributed by atoms with Crippen molar-refractivity contribution in [3.8, 4) is 11.1 Å². The maximum atomic E-state index is 6.46. The zero-order valence-corrected chi connectivity index (χ0v) is 14.3. The molecule has 3 heterocycles. The van der Waals surface area contributed by atoms with Crippen LogP contribution in [0.3, 0.4) is 0 Å². The van der Waals surface area contributed by atoms with Gasteiger partial charge >= 0.3 is 0 Å². The van der Waals surface area contributed by atoms with E-state index in [1.54, 1.807) is 0 Å². The molecule has 3 aliphatic heterocycles. The molecular formula is C19H18Cl2N2. The number of rotatable bonds is 1. The summed E-state index contributed by atoms with van der Waals surface area (Å²) >= 11 is 12.5. The molecule has 5 rings (SSSR count). The Bertz CT molecular complexity index is 802. The molecular weight excluding hydrogens is 327 g/mol. The number of halogens is 2. The van der Waals surface area contributed by atoms with Gasteiger partial charge in [-0.15, -0.1) is 0 Å². The van der Waals surface area contributed by atoms with E-state index >= 15 is 0 Å². The topological polar surface area (TPSA) is 15.3 Å². The Morgan fingerprint density at radius 2 is 2.00 bits per heavy atom. The maximum absolute atomic E-state index is 6.46. The largest absolute Gasteiger partial charge is 0.370 e. The predicted molar refractivity (Wildman–Crippen MR) is 96.9 cm³/mol. The number of fused-ring (bicyclic) bond motifs is 2. The summed E-state index contributed by atoms with van der Waals surface area (Å²) in [6.07, 6.45) is 1.15. The molecule has 0 saturated carbocycles. The van der Waals surface area contributed by atoms with Crippen LogP contribution < -0.4 is 10.2 Å². The quantitative estimate of drug-likeness (QED) is 0.827. The summed E-state index contributed by atoms with van der Waals surface area (Å²) in [7, 11) is 0. The standard InChI is InChI=1S/C19H18Cl2N2/c20-14-1-2-15(18(21)7-14)12-5-11-3-4-23-10-13-8-22-9-17(13)16(6-12)19(11)23/h1-2,5-7,13,17,22H,3-4,8-10H2/t13-,17-/m1/s1. The fourth-order valence-electron chi connectivity index (χ4n) is 4.58. The third-order valence-corrected chi connectivity index (χ3v) is 6.17. The molecule has 2 aromatic rings. The molecule has 1 fully saturated rings. The molecule has 0 bridgehead atoms. The highest BCUT2D eigenvalue weighted by molar-refractivity contribution is 6.36. The number of benzene rings is 2. The first-order chi connectivity index (χ1) is 11.2. The lowest BCUT2D eigenvalue weighted by Gasteiger charge is -2.35. The van der Waals surface area contributed by atoms with E-state index in [-0.39, 0.29) is 0 Å². The normalized spacial score (nSPS) is 24.7. The minimum atomic E-state index is 0.643. The molecule has 118 valence electrons. The number of anilines is 1. The lowest BCUT2D eigenvalue weighted by Crippen LogP contribution is -2.35. The van der Waals surface area contributed by atoms with Gasteiger partial charge in [-0.2, -0.15) is 0 Å². The van der Waals surface area contributed by atoms with E-state index < -0.39 is 0 Å². The van der Waals surface area contributed by atoms with E-state index in [1.165, 1.54) is 28.9 Å². The van der Waals surface area contributed by atoms with Gasteiger partial charge in [0.1, 0.15) is 0 Å². The van der Waals surface area contributed by atoms with Crippen LogP contribution in [0, 0.1) is 5.92 Å². The summed E-state index contributed by atoms with van der Waals surface area (Å²) in [5.74, 6) is 1.38. The third kappa shape index (κ3) is 2.12. The molecule has 23 heavy (non-hydrogen) atoms. The average molecular weight is 345 g/mol. The molecule has 1 N–H and O–H groups in total. The second-order valence-electron chi connectivity index (χ2n) is 6.92. The van der Waals surface area contributed by atoms with Gasteiger partial charge in [-0.05, 0) is 53.3 Å². The zero-order chi connectivity index (χ0) is 15.6.